The normalized spacial score (nSPS) is 12.2. The standard InChI is InChI=1S/C10H11F2NOS/c1-6(10(13)15)5-14-9-3-7(11)2-8(12)4-9/h2-4,6H,5H2,1H3,(H2,13,15). The fraction of sp³-hybridized carbons (Fsp3) is 0.300. The fourth-order valence-electron chi connectivity index (χ4n) is 0.915. The van der Waals surface area contributed by atoms with Gasteiger partial charge in [-0.2, -0.15) is 0 Å². The zero-order chi connectivity index (χ0) is 11.4. The summed E-state index contributed by atoms with van der Waals surface area (Å²) < 4.78 is 30.6. The Bertz CT molecular complexity index is 350. The van der Waals surface area contributed by atoms with Crippen LogP contribution in [0.2, 0.25) is 0 Å². The molecule has 82 valence electrons. The van der Waals surface area contributed by atoms with Crippen LogP contribution in [-0.4, -0.2) is 11.6 Å². The number of rotatable bonds is 4. The van der Waals surface area contributed by atoms with Crippen LogP contribution < -0.4 is 10.5 Å². The van der Waals surface area contributed by atoms with Crippen LogP contribution >= 0.6 is 12.2 Å². The minimum absolute atomic E-state index is 0.133. The van der Waals surface area contributed by atoms with Crippen LogP contribution in [-0.2, 0) is 0 Å². The second kappa shape index (κ2) is 5.02. The van der Waals surface area contributed by atoms with Gasteiger partial charge >= 0.3 is 0 Å². The van der Waals surface area contributed by atoms with Crippen LogP contribution in [0.3, 0.4) is 0 Å². The minimum Gasteiger partial charge on any atom is -0.493 e. The average Bonchev–Trinajstić information content (AvgIpc) is 2.12. The van der Waals surface area contributed by atoms with E-state index in [9.17, 15) is 8.78 Å². The lowest BCUT2D eigenvalue weighted by Gasteiger charge is -2.11. The molecule has 1 unspecified atom stereocenters. The van der Waals surface area contributed by atoms with Crippen LogP contribution in [0, 0.1) is 17.6 Å². The lowest BCUT2D eigenvalue weighted by molar-refractivity contribution is 0.290. The Morgan fingerprint density at radius 3 is 2.40 bits per heavy atom. The molecule has 1 atom stereocenters. The number of ether oxygens (including phenoxy) is 1. The highest BCUT2D eigenvalue weighted by molar-refractivity contribution is 7.80. The molecule has 1 aromatic rings. The lowest BCUT2D eigenvalue weighted by atomic mass is 10.2. The van der Waals surface area contributed by atoms with Gasteiger partial charge in [-0.3, -0.25) is 0 Å². The maximum Gasteiger partial charge on any atom is 0.129 e. The van der Waals surface area contributed by atoms with Crippen molar-refractivity contribution in [1.29, 1.82) is 0 Å². The van der Waals surface area contributed by atoms with E-state index in [1.807, 2.05) is 0 Å². The van der Waals surface area contributed by atoms with Crippen LogP contribution in [0.4, 0.5) is 8.78 Å². The van der Waals surface area contributed by atoms with E-state index in [4.69, 9.17) is 22.7 Å². The summed E-state index contributed by atoms with van der Waals surface area (Å²) in [6.07, 6.45) is 0. The van der Waals surface area contributed by atoms with Gasteiger partial charge in [-0.05, 0) is 0 Å². The highest BCUT2D eigenvalue weighted by Gasteiger charge is 2.07. The summed E-state index contributed by atoms with van der Waals surface area (Å²) in [5, 5.41) is 0. The minimum atomic E-state index is -0.673. The molecule has 0 aliphatic rings. The lowest BCUT2D eigenvalue weighted by Crippen LogP contribution is -2.24. The Labute approximate surface area is 92.0 Å². The SMILES string of the molecule is CC(COc1cc(F)cc(F)c1)C(N)=S. The topological polar surface area (TPSA) is 35.2 Å². The van der Waals surface area contributed by atoms with Crippen LogP contribution in [0.1, 0.15) is 6.92 Å². The first-order valence-corrected chi connectivity index (χ1v) is 4.78. The first-order chi connectivity index (χ1) is 6.99. The molecular weight excluding hydrogens is 220 g/mol. The molecule has 2 nitrogen and oxygen atoms in total. The average molecular weight is 231 g/mol. The van der Waals surface area contributed by atoms with E-state index in [0.717, 1.165) is 18.2 Å². The number of thiocarbonyl (C=S) groups is 1. The predicted octanol–water partition coefficient (Wildman–Crippen LogP) is 2.27. The second-order valence-electron chi connectivity index (χ2n) is 3.22. The second-order valence-corrected chi connectivity index (χ2v) is 3.69. The molecule has 0 heterocycles. The fourth-order valence-corrected chi connectivity index (χ4v) is 0.983. The van der Waals surface area contributed by atoms with Crippen molar-refractivity contribution in [2.75, 3.05) is 6.61 Å². The van der Waals surface area contributed by atoms with E-state index in [-0.39, 0.29) is 18.3 Å². The predicted molar refractivity (Wildman–Crippen MR) is 57.8 cm³/mol. The maximum atomic E-state index is 12.7. The number of benzene rings is 1. The monoisotopic (exact) mass is 231 g/mol. The number of hydrogen-bond donors (Lipinski definition) is 1. The maximum absolute atomic E-state index is 12.7. The van der Waals surface area contributed by atoms with Crippen molar-refractivity contribution < 1.29 is 13.5 Å². The summed E-state index contributed by atoms with van der Waals surface area (Å²) in [7, 11) is 0. The van der Waals surface area contributed by atoms with Crippen molar-refractivity contribution in [3.8, 4) is 5.75 Å². The molecule has 5 heteroatoms. The van der Waals surface area contributed by atoms with Crippen molar-refractivity contribution in [3.05, 3.63) is 29.8 Å². The molecule has 0 fully saturated rings. The molecular formula is C10H11F2NOS. The quantitative estimate of drug-likeness (QED) is 0.807. The molecule has 1 aromatic carbocycles. The third-order valence-electron chi connectivity index (χ3n) is 1.82. The van der Waals surface area contributed by atoms with E-state index < -0.39 is 11.6 Å². The number of nitrogens with two attached hydrogens (primary N) is 1. The molecule has 0 spiro atoms. The van der Waals surface area contributed by atoms with Crippen molar-refractivity contribution in [1.82, 2.24) is 0 Å². The van der Waals surface area contributed by atoms with Gasteiger partial charge in [0.1, 0.15) is 17.4 Å². The summed E-state index contributed by atoms with van der Waals surface area (Å²) in [6, 6.07) is 2.99. The van der Waals surface area contributed by atoms with E-state index in [1.165, 1.54) is 0 Å². The largest absolute Gasteiger partial charge is 0.493 e. The third kappa shape index (κ3) is 3.79. The zero-order valence-corrected chi connectivity index (χ0v) is 8.98. The van der Waals surface area contributed by atoms with Gasteiger partial charge in [-0.1, -0.05) is 19.1 Å². The summed E-state index contributed by atoms with van der Waals surface area (Å²) in [6.45, 7) is 1.98. The molecule has 2 N–H and O–H groups in total. The highest BCUT2D eigenvalue weighted by Crippen LogP contribution is 2.16. The highest BCUT2D eigenvalue weighted by atomic mass is 32.1. The van der Waals surface area contributed by atoms with Gasteiger partial charge in [0.15, 0.2) is 0 Å². The Morgan fingerprint density at radius 1 is 1.40 bits per heavy atom. The molecule has 0 bridgehead atoms. The van der Waals surface area contributed by atoms with Crippen LogP contribution in [0.25, 0.3) is 0 Å². The summed E-state index contributed by atoms with van der Waals surface area (Å²) in [5.74, 6) is -1.34. The summed E-state index contributed by atoms with van der Waals surface area (Å²) in [4.78, 5) is 0.312. The summed E-state index contributed by atoms with van der Waals surface area (Å²) in [5.41, 5.74) is 5.36. The molecule has 0 aromatic heterocycles. The Kier molecular flexibility index (Phi) is 3.96. The van der Waals surface area contributed by atoms with E-state index in [0.29, 0.717) is 4.99 Å². The first-order valence-electron chi connectivity index (χ1n) is 4.37. The molecule has 15 heavy (non-hydrogen) atoms. The van der Waals surface area contributed by atoms with Gasteiger partial charge in [-0.25, -0.2) is 8.78 Å². The molecule has 0 radical (unpaired) electrons. The van der Waals surface area contributed by atoms with E-state index in [1.54, 1.807) is 6.92 Å². The molecule has 0 amide bonds. The molecule has 0 saturated heterocycles. The smallest absolute Gasteiger partial charge is 0.129 e. The van der Waals surface area contributed by atoms with Crippen molar-refractivity contribution in [3.63, 3.8) is 0 Å². The zero-order valence-electron chi connectivity index (χ0n) is 8.17. The van der Waals surface area contributed by atoms with Crippen molar-refractivity contribution in [2.45, 2.75) is 6.92 Å². The summed E-state index contributed by atoms with van der Waals surface area (Å²) >= 11 is 4.73. The molecule has 0 aliphatic carbocycles. The molecule has 0 saturated carbocycles. The van der Waals surface area contributed by atoms with E-state index in [2.05, 4.69) is 0 Å². The third-order valence-corrected chi connectivity index (χ3v) is 2.22. The van der Waals surface area contributed by atoms with Crippen molar-refractivity contribution in [2.24, 2.45) is 11.7 Å². The number of hydrogen-bond acceptors (Lipinski definition) is 2. The van der Waals surface area contributed by atoms with Crippen LogP contribution in [0.5, 0.6) is 5.75 Å². The van der Waals surface area contributed by atoms with E-state index >= 15 is 0 Å². The Balaban J connectivity index is 2.61. The number of halogens is 2. The van der Waals surface area contributed by atoms with Gasteiger partial charge < -0.3 is 10.5 Å². The van der Waals surface area contributed by atoms with Gasteiger partial charge in [0.2, 0.25) is 0 Å². The van der Waals surface area contributed by atoms with Gasteiger partial charge in [-0.15, -0.1) is 0 Å². The van der Waals surface area contributed by atoms with Crippen LogP contribution in [0.15, 0.2) is 18.2 Å². The first kappa shape index (κ1) is 11.8. The van der Waals surface area contributed by atoms with Gasteiger partial charge in [0.25, 0.3) is 0 Å². The molecule has 1 rings (SSSR count). The van der Waals surface area contributed by atoms with Gasteiger partial charge in [0.05, 0.1) is 11.6 Å². The Morgan fingerprint density at radius 2 is 1.93 bits per heavy atom. The molecule has 0 aliphatic heterocycles. The van der Waals surface area contributed by atoms with Crippen molar-refractivity contribution >= 4 is 17.2 Å². The van der Waals surface area contributed by atoms with Gasteiger partial charge in [0, 0.05) is 24.1 Å². The Hall–Kier alpha value is -1.23.